The molecule has 0 saturated heterocycles. The van der Waals surface area contributed by atoms with Gasteiger partial charge in [-0.25, -0.2) is 0 Å². The first-order chi connectivity index (χ1) is 15.0. The van der Waals surface area contributed by atoms with Crippen LogP contribution < -0.4 is 9.47 Å². The SMILES string of the molecule is C=CCN(CCc1ccccc1)C(=O)c1ccc(OCc2c(C)noc2C)c(OC)c1. The van der Waals surface area contributed by atoms with Crippen molar-refractivity contribution < 1.29 is 18.8 Å². The summed E-state index contributed by atoms with van der Waals surface area (Å²) in [6.07, 6.45) is 2.51. The van der Waals surface area contributed by atoms with E-state index in [9.17, 15) is 4.79 Å². The van der Waals surface area contributed by atoms with Crippen LogP contribution >= 0.6 is 0 Å². The molecule has 1 aromatic heterocycles. The molecule has 0 aliphatic heterocycles. The van der Waals surface area contributed by atoms with E-state index in [0.29, 0.717) is 36.8 Å². The van der Waals surface area contributed by atoms with Gasteiger partial charge in [-0.2, -0.15) is 0 Å². The van der Waals surface area contributed by atoms with Crippen molar-refractivity contribution in [3.8, 4) is 11.5 Å². The lowest BCUT2D eigenvalue weighted by atomic mass is 10.1. The second kappa shape index (κ2) is 10.5. The average molecular weight is 421 g/mol. The molecule has 0 atom stereocenters. The number of carbonyl (C=O) groups is 1. The van der Waals surface area contributed by atoms with Gasteiger partial charge in [0.2, 0.25) is 0 Å². The molecule has 0 aliphatic carbocycles. The fourth-order valence-corrected chi connectivity index (χ4v) is 3.30. The molecule has 0 radical (unpaired) electrons. The van der Waals surface area contributed by atoms with Gasteiger partial charge in [-0.3, -0.25) is 4.79 Å². The highest BCUT2D eigenvalue weighted by Crippen LogP contribution is 2.30. The van der Waals surface area contributed by atoms with Gasteiger partial charge in [0.05, 0.1) is 18.4 Å². The van der Waals surface area contributed by atoms with E-state index in [4.69, 9.17) is 14.0 Å². The van der Waals surface area contributed by atoms with Gasteiger partial charge in [-0.1, -0.05) is 41.6 Å². The van der Waals surface area contributed by atoms with E-state index in [-0.39, 0.29) is 5.91 Å². The Hall–Kier alpha value is -3.54. The smallest absolute Gasteiger partial charge is 0.254 e. The molecule has 0 bridgehead atoms. The van der Waals surface area contributed by atoms with Crippen molar-refractivity contribution in [1.82, 2.24) is 10.1 Å². The van der Waals surface area contributed by atoms with Crippen molar-refractivity contribution in [2.75, 3.05) is 20.2 Å². The van der Waals surface area contributed by atoms with Crippen LogP contribution in [0, 0.1) is 13.8 Å². The Balaban J connectivity index is 1.72. The number of nitrogens with zero attached hydrogens (tertiary/aromatic N) is 2. The minimum absolute atomic E-state index is 0.0774. The topological polar surface area (TPSA) is 64.8 Å². The normalized spacial score (nSPS) is 10.5. The number of amides is 1. The molecule has 6 heteroatoms. The molecular weight excluding hydrogens is 392 g/mol. The van der Waals surface area contributed by atoms with Crippen molar-refractivity contribution in [2.24, 2.45) is 0 Å². The number of hydrogen-bond donors (Lipinski definition) is 0. The van der Waals surface area contributed by atoms with Crippen LogP contribution in [0.15, 0.2) is 65.7 Å². The summed E-state index contributed by atoms with van der Waals surface area (Å²) in [7, 11) is 1.56. The monoisotopic (exact) mass is 420 g/mol. The molecule has 2 aromatic carbocycles. The van der Waals surface area contributed by atoms with Gasteiger partial charge in [0.1, 0.15) is 12.4 Å². The molecule has 0 unspecified atom stereocenters. The summed E-state index contributed by atoms with van der Waals surface area (Å²) in [6, 6.07) is 15.3. The number of rotatable bonds is 10. The molecule has 0 saturated carbocycles. The van der Waals surface area contributed by atoms with E-state index >= 15 is 0 Å². The largest absolute Gasteiger partial charge is 0.493 e. The predicted molar refractivity (Wildman–Crippen MR) is 120 cm³/mol. The summed E-state index contributed by atoms with van der Waals surface area (Å²) >= 11 is 0. The van der Waals surface area contributed by atoms with Gasteiger partial charge in [0, 0.05) is 18.7 Å². The summed E-state index contributed by atoms with van der Waals surface area (Å²) in [6.45, 7) is 8.89. The van der Waals surface area contributed by atoms with Gasteiger partial charge in [0.15, 0.2) is 11.5 Å². The van der Waals surface area contributed by atoms with Crippen molar-refractivity contribution in [2.45, 2.75) is 26.9 Å². The van der Waals surface area contributed by atoms with Gasteiger partial charge in [0.25, 0.3) is 5.91 Å². The van der Waals surface area contributed by atoms with Crippen molar-refractivity contribution in [1.29, 1.82) is 0 Å². The first-order valence-corrected chi connectivity index (χ1v) is 10.2. The average Bonchev–Trinajstić information content (AvgIpc) is 3.12. The number of aromatic nitrogens is 1. The lowest BCUT2D eigenvalue weighted by molar-refractivity contribution is 0.0775. The van der Waals surface area contributed by atoms with Gasteiger partial charge >= 0.3 is 0 Å². The minimum atomic E-state index is -0.0774. The first kappa shape index (κ1) is 22.2. The van der Waals surface area contributed by atoms with E-state index in [1.807, 2.05) is 32.0 Å². The van der Waals surface area contributed by atoms with Crippen LogP contribution in [0.4, 0.5) is 0 Å². The van der Waals surface area contributed by atoms with E-state index in [0.717, 1.165) is 23.4 Å². The number of aryl methyl sites for hydroxylation is 2. The molecular formula is C25H28N2O4. The molecule has 0 spiro atoms. The zero-order valence-corrected chi connectivity index (χ0v) is 18.3. The van der Waals surface area contributed by atoms with Gasteiger partial charge < -0.3 is 18.9 Å². The maximum atomic E-state index is 13.1. The molecule has 1 amide bonds. The molecule has 0 fully saturated rings. The van der Waals surface area contributed by atoms with Crippen molar-refractivity contribution in [3.05, 3.63) is 89.3 Å². The highest BCUT2D eigenvalue weighted by atomic mass is 16.5. The van der Waals surface area contributed by atoms with E-state index < -0.39 is 0 Å². The summed E-state index contributed by atoms with van der Waals surface area (Å²) in [5.41, 5.74) is 3.42. The molecule has 0 N–H and O–H groups in total. The fraction of sp³-hybridized carbons (Fsp3) is 0.280. The first-order valence-electron chi connectivity index (χ1n) is 10.2. The van der Waals surface area contributed by atoms with Gasteiger partial charge in [-0.15, -0.1) is 6.58 Å². The number of hydrogen-bond acceptors (Lipinski definition) is 5. The summed E-state index contributed by atoms with van der Waals surface area (Å²) in [4.78, 5) is 14.9. The number of ether oxygens (including phenoxy) is 2. The van der Waals surface area contributed by atoms with Crippen molar-refractivity contribution >= 4 is 5.91 Å². The molecule has 3 aromatic rings. The third-order valence-electron chi connectivity index (χ3n) is 5.11. The third kappa shape index (κ3) is 5.54. The zero-order chi connectivity index (χ0) is 22.2. The predicted octanol–water partition coefficient (Wildman–Crippen LogP) is 4.75. The molecule has 3 rings (SSSR count). The van der Waals surface area contributed by atoms with Crippen LogP contribution in [-0.2, 0) is 13.0 Å². The molecule has 31 heavy (non-hydrogen) atoms. The summed E-state index contributed by atoms with van der Waals surface area (Å²) < 4.78 is 16.6. The zero-order valence-electron chi connectivity index (χ0n) is 18.3. The highest BCUT2D eigenvalue weighted by molar-refractivity contribution is 5.95. The lowest BCUT2D eigenvalue weighted by Crippen LogP contribution is -2.33. The molecule has 162 valence electrons. The Bertz CT molecular complexity index is 1010. The van der Waals surface area contributed by atoms with E-state index in [1.165, 1.54) is 5.56 Å². The highest BCUT2D eigenvalue weighted by Gasteiger charge is 2.18. The quantitative estimate of drug-likeness (QED) is 0.443. The van der Waals surface area contributed by atoms with Crippen molar-refractivity contribution in [3.63, 3.8) is 0 Å². The maximum absolute atomic E-state index is 13.1. The van der Waals surface area contributed by atoms with Crippen LogP contribution in [0.1, 0.15) is 32.9 Å². The molecule has 0 aliphatic rings. The number of methoxy groups -OCH3 is 1. The fourth-order valence-electron chi connectivity index (χ4n) is 3.30. The Morgan fingerprint density at radius 2 is 1.94 bits per heavy atom. The van der Waals surface area contributed by atoms with Gasteiger partial charge in [-0.05, 0) is 44.0 Å². The third-order valence-corrected chi connectivity index (χ3v) is 5.11. The summed E-state index contributed by atoms with van der Waals surface area (Å²) in [5.74, 6) is 1.70. The Kier molecular flexibility index (Phi) is 7.49. The summed E-state index contributed by atoms with van der Waals surface area (Å²) in [5, 5.41) is 3.94. The van der Waals surface area contributed by atoms with Crippen LogP contribution in [0.5, 0.6) is 11.5 Å². The van der Waals surface area contributed by atoms with Crippen LogP contribution in [-0.4, -0.2) is 36.2 Å². The van der Waals surface area contributed by atoms with Crippen LogP contribution in [0.2, 0.25) is 0 Å². The Morgan fingerprint density at radius 3 is 2.58 bits per heavy atom. The Labute approximate surface area is 183 Å². The van der Waals surface area contributed by atoms with E-state index in [2.05, 4.69) is 23.9 Å². The standard InChI is InChI=1S/C25H28N2O4/c1-5-14-27(15-13-20-9-7-6-8-10-20)25(28)21-11-12-23(24(16-21)29-4)30-17-22-18(2)26-31-19(22)3/h5-12,16H,1,13-15,17H2,2-4H3. The lowest BCUT2D eigenvalue weighted by Gasteiger charge is -2.22. The minimum Gasteiger partial charge on any atom is -0.493 e. The second-order valence-corrected chi connectivity index (χ2v) is 7.23. The molecule has 6 nitrogen and oxygen atoms in total. The van der Waals surface area contributed by atoms with E-state index in [1.54, 1.807) is 36.3 Å². The van der Waals surface area contributed by atoms with Crippen LogP contribution in [0.3, 0.4) is 0 Å². The Morgan fingerprint density at radius 1 is 1.16 bits per heavy atom. The number of carbonyl (C=O) groups excluding carboxylic acids is 1. The second-order valence-electron chi connectivity index (χ2n) is 7.23. The maximum Gasteiger partial charge on any atom is 0.254 e. The molecule has 1 heterocycles. The van der Waals surface area contributed by atoms with Crippen LogP contribution in [0.25, 0.3) is 0 Å². The number of benzene rings is 2.